The van der Waals surface area contributed by atoms with Crippen molar-refractivity contribution in [2.24, 2.45) is 5.90 Å². The molecule has 1 aromatic rings. The summed E-state index contributed by atoms with van der Waals surface area (Å²) in [6, 6.07) is 7.19. The minimum absolute atomic E-state index is 0.333. The number of hydrogen-bond donors (Lipinski definition) is 1. The Hall–Kier alpha value is -1.39. The van der Waals surface area contributed by atoms with E-state index in [-0.39, 0.29) is 5.97 Å². The Morgan fingerprint density at radius 1 is 1.50 bits per heavy atom. The first-order valence-corrected chi connectivity index (χ1v) is 4.27. The summed E-state index contributed by atoms with van der Waals surface area (Å²) in [5.74, 6) is 4.58. The zero-order valence-corrected chi connectivity index (χ0v) is 8.03. The maximum absolute atomic E-state index is 11.2. The minimum Gasteiger partial charge on any atom is -0.465 e. The van der Waals surface area contributed by atoms with Crippen LogP contribution < -0.4 is 5.90 Å². The SMILES string of the molecule is COC(=O)c1cccc(CCON)c1. The summed E-state index contributed by atoms with van der Waals surface area (Å²) >= 11 is 0. The van der Waals surface area contributed by atoms with Crippen molar-refractivity contribution >= 4 is 5.97 Å². The molecule has 0 saturated carbocycles. The van der Waals surface area contributed by atoms with Gasteiger partial charge in [0.2, 0.25) is 0 Å². The molecule has 0 saturated heterocycles. The molecule has 0 fully saturated rings. The standard InChI is InChI=1S/C10H13NO3/c1-13-10(12)9-4-2-3-8(7-9)5-6-14-11/h2-4,7H,5-6,11H2,1H3. The van der Waals surface area contributed by atoms with Crippen molar-refractivity contribution in [1.82, 2.24) is 0 Å². The van der Waals surface area contributed by atoms with Crippen molar-refractivity contribution in [3.63, 3.8) is 0 Å². The summed E-state index contributed by atoms with van der Waals surface area (Å²) in [7, 11) is 1.36. The van der Waals surface area contributed by atoms with E-state index in [9.17, 15) is 4.79 Å². The second kappa shape index (κ2) is 5.36. The van der Waals surface area contributed by atoms with E-state index in [1.54, 1.807) is 18.2 Å². The highest BCUT2D eigenvalue weighted by atomic mass is 16.6. The fraction of sp³-hybridized carbons (Fsp3) is 0.300. The van der Waals surface area contributed by atoms with E-state index in [4.69, 9.17) is 5.90 Å². The van der Waals surface area contributed by atoms with Crippen molar-refractivity contribution in [1.29, 1.82) is 0 Å². The average molecular weight is 195 g/mol. The number of nitrogens with two attached hydrogens (primary N) is 1. The van der Waals surface area contributed by atoms with Gasteiger partial charge in [-0.15, -0.1) is 0 Å². The molecule has 76 valence electrons. The first-order valence-electron chi connectivity index (χ1n) is 4.27. The molecule has 0 radical (unpaired) electrons. The molecule has 0 atom stereocenters. The molecule has 0 spiro atoms. The van der Waals surface area contributed by atoms with Crippen molar-refractivity contribution in [2.45, 2.75) is 6.42 Å². The fourth-order valence-electron chi connectivity index (χ4n) is 1.15. The van der Waals surface area contributed by atoms with Crippen molar-refractivity contribution in [3.8, 4) is 0 Å². The van der Waals surface area contributed by atoms with E-state index in [1.165, 1.54) is 7.11 Å². The van der Waals surface area contributed by atoms with Crippen LogP contribution in [0.5, 0.6) is 0 Å². The van der Waals surface area contributed by atoms with Crippen LogP contribution in [0.15, 0.2) is 24.3 Å². The van der Waals surface area contributed by atoms with E-state index in [0.29, 0.717) is 18.6 Å². The van der Waals surface area contributed by atoms with E-state index in [2.05, 4.69) is 9.57 Å². The Kier molecular flexibility index (Phi) is 4.10. The van der Waals surface area contributed by atoms with Gasteiger partial charge in [0.15, 0.2) is 0 Å². The highest BCUT2D eigenvalue weighted by Crippen LogP contribution is 2.07. The Morgan fingerprint density at radius 3 is 2.93 bits per heavy atom. The molecule has 0 bridgehead atoms. The third kappa shape index (κ3) is 2.83. The smallest absolute Gasteiger partial charge is 0.337 e. The Morgan fingerprint density at radius 2 is 2.29 bits per heavy atom. The van der Waals surface area contributed by atoms with Gasteiger partial charge < -0.3 is 9.57 Å². The molecule has 0 aliphatic heterocycles. The van der Waals surface area contributed by atoms with Gasteiger partial charge in [-0.05, 0) is 24.1 Å². The van der Waals surface area contributed by atoms with Gasteiger partial charge >= 0.3 is 5.97 Å². The highest BCUT2D eigenvalue weighted by molar-refractivity contribution is 5.89. The molecule has 0 aromatic heterocycles. The molecular formula is C10H13NO3. The molecular weight excluding hydrogens is 182 g/mol. The highest BCUT2D eigenvalue weighted by Gasteiger charge is 2.04. The number of methoxy groups -OCH3 is 1. The van der Waals surface area contributed by atoms with Gasteiger partial charge in [0.1, 0.15) is 0 Å². The number of carbonyl (C=O) groups excluding carboxylic acids is 1. The minimum atomic E-state index is -0.333. The molecule has 1 rings (SSSR count). The van der Waals surface area contributed by atoms with Gasteiger partial charge in [0, 0.05) is 0 Å². The van der Waals surface area contributed by atoms with Crippen LogP contribution in [0.4, 0.5) is 0 Å². The first kappa shape index (κ1) is 10.7. The van der Waals surface area contributed by atoms with Crippen molar-refractivity contribution in [2.75, 3.05) is 13.7 Å². The number of benzene rings is 1. The molecule has 4 heteroatoms. The second-order valence-electron chi connectivity index (χ2n) is 2.81. The maximum Gasteiger partial charge on any atom is 0.337 e. The third-order valence-corrected chi connectivity index (χ3v) is 1.86. The van der Waals surface area contributed by atoms with Gasteiger partial charge in [-0.3, -0.25) is 0 Å². The summed E-state index contributed by atoms with van der Waals surface area (Å²) in [5, 5.41) is 0. The van der Waals surface area contributed by atoms with Crippen LogP contribution in [0, 0.1) is 0 Å². The van der Waals surface area contributed by atoms with Gasteiger partial charge in [-0.25, -0.2) is 10.7 Å². The van der Waals surface area contributed by atoms with Crippen molar-refractivity contribution < 1.29 is 14.4 Å². The Bertz CT molecular complexity index is 312. The molecule has 1 aromatic carbocycles. The molecule has 0 heterocycles. The third-order valence-electron chi connectivity index (χ3n) is 1.86. The predicted molar refractivity (Wildman–Crippen MR) is 51.6 cm³/mol. The van der Waals surface area contributed by atoms with Gasteiger partial charge in [-0.2, -0.15) is 0 Å². The number of carbonyl (C=O) groups is 1. The van der Waals surface area contributed by atoms with Crippen LogP contribution in [0.25, 0.3) is 0 Å². The predicted octanol–water partition coefficient (Wildman–Crippen LogP) is 0.906. The van der Waals surface area contributed by atoms with Gasteiger partial charge in [-0.1, -0.05) is 12.1 Å². The fourth-order valence-corrected chi connectivity index (χ4v) is 1.15. The summed E-state index contributed by atoms with van der Waals surface area (Å²) < 4.78 is 4.60. The van der Waals surface area contributed by atoms with Gasteiger partial charge in [0.25, 0.3) is 0 Å². The van der Waals surface area contributed by atoms with Gasteiger partial charge in [0.05, 0.1) is 19.3 Å². The topological polar surface area (TPSA) is 61.5 Å². The first-order chi connectivity index (χ1) is 6.77. The van der Waals surface area contributed by atoms with Crippen LogP contribution in [0.3, 0.4) is 0 Å². The van der Waals surface area contributed by atoms with E-state index < -0.39 is 0 Å². The molecule has 0 aliphatic carbocycles. The molecule has 14 heavy (non-hydrogen) atoms. The van der Waals surface area contributed by atoms with Crippen LogP contribution in [-0.2, 0) is 16.0 Å². The monoisotopic (exact) mass is 195 g/mol. The van der Waals surface area contributed by atoms with Crippen molar-refractivity contribution in [3.05, 3.63) is 35.4 Å². The van der Waals surface area contributed by atoms with Crippen LogP contribution in [-0.4, -0.2) is 19.7 Å². The second-order valence-corrected chi connectivity index (χ2v) is 2.81. The van der Waals surface area contributed by atoms with Crippen LogP contribution in [0.2, 0.25) is 0 Å². The summed E-state index contributed by atoms with van der Waals surface area (Å²) in [6.07, 6.45) is 0.682. The molecule has 2 N–H and O–H groups in total. The Balaban J connectivity index is 2.73. The largest absolute Gasteiger partial charge is 0.465 e. The number of esters is 1. The average Bonchev–Trinajstić information content (AvgIpc) is 2.25. The lowest BCUT2D eigenvalue weighted by molar-refractivity contribution is 0.0600. The normalized spacial score (nSPS) is 9.86. The zero-order chi connectivity index (χ0) is 10.4. The van der Waals surface area contributed by atoms with Crippen LogP contribution >= 0.6 is 0 Å². The quantitative estimate of drug-likeness (QED) is 0.573. The molecule has 0 aliphatic rings. The number of hydrogen-bond acceptors (Lipinski definition) is 4. The molecule has 0 unspecified atom stereocenters. The van der Waals surface area contributed by atoms with E-state index in [0.717, 1.165) is 5.56 Å². The van der Waals surface area contributed by atoms with E-state index >= 15 is 0 Å². The lowest BCUT2D eigenvalue weighted by Crippen LogP contribution is -2.05. The zero-order valence-electron chi connectivity index (χ0n) is 8.03. The van der Waals surface area contributed by atoms with E-state index in [1.807, 2.05) is 6.07 Å². The number of ether oxygens (including phenoxy) is 1. The lowest BCUT2D eigenvalue weighted by Gasteiger charge is -2.02. The molecule has 0 amide bonds. The maximum atomic E-state index is 11.2. The van der Waals surface area contributed by atoms with Crippen LogP contribution in [0.1, 0.15) is 15.9 Å². The summed E-state index contributed by atoms with van der Waals surface area (Å²) in [4.78, 5) is 15.6. The summed E-state index contributed by atoms with van der Waals surface area (Å²) in [6.45, 7) is 0.435. The summed E-state index contributed by atoms with van der Waals surface area (Å²) in [5.41, 5.74) is 1.54. The Labute approximate surface area is 82.6 Å². The number of rotatable bonds is 4. The lowest BCUT2D eigenvalue weighted by atomic mass is 10.1. The molecule has 4 nitrogen and oxygen atoms in total.